The monoisotopic (exact) mass is 489 g/mol. The number of ether oxygens (including phenoxy) is 3. The molecular weight excluding hydrogens is 465 g/mol. The van der Waals surface area contributed by atoms with Gasteiger partial charge < -0.3 is 24.8 Å². The van der Waals surface area contributed by atoms with Crippen molar-refractivity contribution in [2.24, 2.45) is 0 Å². The van der Waals surface area contributed by atoms with Crippen molar-refractivity contribution in [1.82, 2.24) is 0 Å². The predicted octanol–water partition coefficient (Wildman–Crippen LogP) is 4.80. The minimum atomic E-state index is -0.641. The van der Waals surface area contributed by atoms with E-state index in [2.05, 4.69) is 10.6 Å². The molecule has 3 aromatic carbocycles. The number of nitrogens with zero attached hydrogens (tertiary/aromatic N) is 1. The largest absolute Gasteiger partial charge is 0.497 e. The van der Waals surface area contributed by atoms with E-state index in [0.29, 0.717) is 40.8 Å². The topological polar surface area (TPSA) is 110 Å². The molecule has 0 heterocycles. The summed E-state index contributed by atoms with van der Waals surface area (Å²) in [5.41, 5.74) is 1.31. The molecule has 0 aliphatic carbocycles. The molecule has 0 fully saturated rings. The van der Waals surface area contributed by atoms with E-state index >= 15 is 0 Å². The normalized spacial score (nSPS) is 10.7. The standard InChI is InChI=1S/C27H24FN3O5/c1-3-35-25-15-18(14-19(16-29)27(33)31-22-7-5-20(28)6-8-22)4-13-24(25)36-17-26(32)30-21-9-11-23(34-2)12-10-21/h4-15H,3,17H2,1-2H3,(H,30,32)(H,31,33). The van der Waals surface area contributed by atoms with Crippen molar-refractivity contribution >= 4 is 29.3 Å². The van der Waals surface area contributed by atoms with Crippen molar-refractivity contribution in [2.75, 3.05) is 31.0 Å². The van der Waals surface area contributed by atoms with Crippen LogP contribution < -0.4 is 24.8 Å². The van der Waals surface area contributed by atoms with E-state index in [1.807, 2.05) is 6.07 Å². The lowest BCUT2D eigenvalue weighted by molar-refractivity contribution is -0.118. The van der Waals surface area contributed by atoms with Gasteiger partial charge in [0, 0.05) is 11.4 Å². The van der Waals surface area contributed by atoms with Crippen LogP contribution in [-0.2, 0) is 9.59 Å². The number of benzene rings is 3. The number of halogens is 1. The highest BCUT2D eigenvalue weighted by atomic mass is 19.1. The number of nitriles is 1. The average molecular weight is 490 g/mol. The smallest absolute Gasteiger partial charge is 0.266 e. The van der Waals surface area contributed by atoms with Crippen molar-refractivity contribution < 1.29 is 28.2 Å². The van der Waals surface area contributed by atoms with Crippen LogP contribution in [0.15, 0.2) is 72.3 Å². The summed E-state index contributed by atoms with van der Waals surface area (Å²) in [6.07, 6.45) is 1.39. The van der Waals surface area contributed by atoms with Crippen LogP contribution in [0.3, 0.4) is 0 Å². The van der Waals surface area contributed by atoms with E-state index in [0.717, 1.165) is 0 Å². The van der Waals surface area contributed by atoms with Crippen molar-refractivity contribution in [2.45, 2.75) is 6.92 Å². The molecule has 2 N–H and O–H groups in total. The molecule has 0 aromatic heterocycles. The van der Waals surface area contributed by atoms with Crippen LogP contribution in [-0.4, -0.2) is 32.1 Å². The third kappa shape index (κ3) is 7.33. The maximum atomic E-state index is 13.1. The molecule has 0 spiro atoms. The van der Waals surface area contributed by atoms with Gasteiger partial charge in [0.05, 0.1) is 13.7 Å². The maximum Gasteiger partial charge on any atom is 0.266 e. The Labute approximate surface area is 207 Å². The first-order chi connectivity index (χ1) is 17.4. The van der Waals surface area contributed by atoms with Gasteiger partial charge in [-0.15, -0.1) is 0 Å². The van der Waals surface area contributed by atoms with Crippen molar-refractivity contribution in [3.63, 3.8) is 0 Å². The van der Waals surface area contributed by atoms with Crippen LogP contribution in [0.5, 0.6) is 17.2 Å². The molecular formula is C27H24FN3O5. The van der Waals surface area contributed by atoms with Gasteiger partial charge >= 0.3 is 0 Å². The number of hydrogen-bond donors (Lipinski definition) is 2. The van der Waals surface area contributed by atoms with Crippen LogP contribution in [0.25, 0.3) is 6.08 Å². The second-order valence-electron chi connectivity index (χ2n) is 7.34. The van der Waals surface area contributed by atoms with E-state index in [9.17, 15) is 19.2 Å². The number of amides is 2. The number of anilines is 2. The molecule has 0 saturated carbocycles. The molecule has 0 unspecified atom stereocenters. The van der Waals surface area contributed by atoms with Crippen LogP contribution in [0.1, 0.15) is 12.5 Å². The first-order valence-corrected chi connectivity index (χ1v) is 10.9. The summed E-state index contributed by atoms with van der Waals surface area (Å²) >= 11 is 0. The highest BCUT2D eigenvalue weighted by molar-refractivity contribution is 6.09. The fourth-order valence-corrected chi connectivity index (χ4v) is 3.06. The SMILES string of the molecule is CCOc1cc(C=C(C#N)C(=O)Nc2ccc(F)cc2)ccc1OCC(=O)Nc1ccc(OC)cc1. The molecule has 0 saturated heterocycles. The number of methoxy groups -OCH3 is 1. The Kier molecular flexibility index (Phi) is 9.00. The Morgan fingerprint density at radius 3 is 2.25 bits per heavy atom. The number of carbonyl (C=O) groups is 2. The van der Waals surface area contributed by atoms with Crippen LogP contribution in [0.2, 0.25) is 0 Å². The van der Waals surface area contributed by atoms with Gasteiger partial charge in [-0.1, -0.05) is 6.07 Å². The molecule has 0 radical (unpaired) electrons. The summed E-state index contributed by atoms with van der Waals surface area (Å²) in [6, 6.07) is 18.8. The van der Waals surface area contributed by atoms with Gasteiger partial charge in [0.25, 0.3) is 11.8 Å². The number of nitrogens with one attached hydrogen (secondary N) is 2. The van der Waals surface area contributed by atoms with Gasteiger partial charge in [-0.2, -0.15) is 5.26 Å². The molecule has 8 nitrogen and oxygen atoms in total. The van der Waals surface area contributed by atoms with Gasteiger partial charge in [0.1, 0.15) is 23.2 Å². The first-order valence-electron chi connectivity index (χ1n) is 10.9. The summed E-state index contributed by atoms with van der Waals surface area (Å²) in [7, 11) is 1.56. The highest BCUT2D eigenvalue weighted by Gasteiger charge is 2.13. The summed E-state index contributed by atoms with van der Waals surface area (Å²) in [5.74, 6) is -0.0958. The minimum Gasteiger partial charge on any atom is -0.497 e. The number of hydrogen-bond acceptors (Lipinski definition) is 6. The quantitative estimate of drug-likeness (QED) is 0.313. The van der Waals surface area contributed by atoms with Gasteiger partial charge in [-0.25, -0.2) is 4.39 Å². The number of carbonyl (C=O) groups excluding carboxylic acids is 2. The van der Waals surface area contributed by atoms with Gasteiger partial charge in [0.15, 0.2) is 18.1 Å². The zero-order chi connectivity index (χ0) is 25.9. The molecule has 0 aliphatic heterocycles. The van der Waals surface area contributed by atoms with Crippen molar-refractivity contribution in [3.05, 3.63) is 83.7 Å². The fourth-order valence-electron chi connectivity index (χ4n) is 3.06. The van der Waals surface area contributed by atoms with Gasteiger partial charge in [0.2, 0.25) is 0 Å². The zero-order valence-corrected chi connectivity index (χ0v) is 19.7. The van der Waals surface area contributed by atoms with E-state index in [4.69, 9.17) is 14.2 Å². The molecule has 2 amide bonds. The van der Waals surface area contributed by atoms with Crippen molar-refractivity contribution in [3.8, 4) is 23.3 Å². The highest BCUT2D eigenvalue weighted by Crippen LogP contribution is 2.29. The minimum absolute atomic E-state index is 0.158. The lowest BCUT2D eigenvalue weighted by Gasteiger charge is -2.13. The maximum absolute atomic E-state index is 13.1. The summed E-state index contributed by atoms with van der Waals surface area (Å²) < 4.78 is 29.4. The third-order valence-corrected chi connectivity index (χ3v) is 4.78. The van der Waals surface area contributed by atoms with E-state index in [-0.39, 0.29) is 18.1 Å². The lowest BCUT2D eigenvalue weighted by atomic mass is 10.1. The predicted molar refractivity (Wildman–Crippen MR) is 133 cm³/mol. The Morgan fingerprint density at radius 1 is 0.944 bits per heavy atom. The fraction of sp³-hybridized carbons (Fsp3) is 0.148. The molecule has 0 aliphatic rings. The Bertz CT molecular complexity index is 1280. The molecule has 184 valence electrons. The average Bonchev–Trinajstić information content (AvgIpc) is 2.88. The first kappa shape index (κ1) is 25.8. The molecule has 9 heteroatoms. The van der Waals surface area contributed by atoms with Crippen LogP contribution in [0, 0.1) is 17.1 Å². The van der Waals surface area contributed by atoms with E-state index in [1.165, 1.54) is 30.3 Å². The lowest BCUT2D eigenvalue weighted by Crippen LogP contribution is -2.20. The van der Waals surface area contributed by atoms with E-state index < -0.39 is 11.7 Å². The van der Waals surface area contributed by atoms with Gasteiger partial charge in [-0.3, -0.25) is 9.59 Å². The number of rotatable bonds is 10. The molecule has 36 heavy (non-hydrogen) atoms. The Balaban J connectivity index is 1.68. The van der Waals surface area contributed by atoms with Crippen LogP contribution in [0.4, 0.5) is 15.8 Å². The molecule has 3 aromatic rings. The molecule has 0 atom stereocenters. The summed E-state index contributed by atoms with van der Waals surface area (Å²) in [5, 5.41) is 14.7. The molecule has 3 rings (SSSR count). The molecule has 0 bridgehead atoms. The second kappa shape index (κ2) is 12.6. The summed E-state index contributed by atoms with van der Waals surface area (Å²) in [4.78, 5) is 24.8. The third-order valence-electron chi connectivity index (χ3n) is 4.78. The zero-order valence-electron chi connectivity index (χ0n) is 19.7. The summed E-state index contributed by atoms with van der Waals surface area (Å²) in [6.45, 7) is 1.86. The van der Waals surface area contributed by atoms with Crippen LogP contribution >= 0.6 is 0 Å². The van der Waals surface area contributed by atoms with Crippen molar-refractivity contribution in [1.29, 1.82) is 5.26 Å². The van der Waals surface area contributed by atoms with E-state index in [1.54, 1.807) is 56.5 Å². The van der Waals surface area contributed by atoms with Gasteiger partial charge in [-0.05, 0) is 79.2 Å². The second-order valence-corrected chi connectivity index (χ2v) is 7.34. The Hall–Kier alpha value is -4.84. The Morgan fingerprint density at radius 2 is 1.61 bits per heavy atom.